The van der Waals surface area contributed by atoms with E-state index in [0.29, 0.717) is 0 Å². The second-order valence-corrected chi connectivity index (χ2v) is 6.68. The van der Waals surface area contributed by atoms with Crippen LogP contribution in [0.25, 0.3) is 0 Å². The van der Waals surface area contributed by atoms with E-state index in [2.05, 4.69) is 39.3 Å². The normalized spacial score (nSPS) is 15.4. The lowest BCUT2D eigenvalue weighted by molar-refractivity contribution is -0.116. The van der Waals surface area contributed by atoms with Gasteiger partial charge in [-0.25, -0.2) is 0 Å². The van der Waals surface area contributed by atoms with Crippen LogP contribution in [0.2, 0.25) is 0 Å². The Morgan fingerprint density at radius 2 is 1.96 bits per heavy atom. The van der Waals surface area contributed by atoms with Crippen molar-refractivity contribution in [3.63, 3.8) is 0 Å². The topological polar surface area (TPSA) is 53.4 Å². The lowest BCUT2D eigenvalue weighted by Crippen LogP contribution is -2.46. The van der Waals surface area contributed by atoms with Gasteiger partial charge in [-0.15, -0.1) is 0 Å². The first-order valence-corrected chi connectivity index (χ1v) is 8.92. The number of carbonyl (C=O) groups excluding carboxylic acids is 1. The van der Waals surface area contributed by atoms with Gasteiger partial charge in [0.1, 0.15) is 6.54 Å². The van der Waals surface area contributed by atoms with Gasteiger partial charge in [0, 0.05) is 43.8 Å². The molecule has 2 aromatic rings. The summed E-state index contributed by atoms with van der Waals surface area (Å²) < 4.78 is 1.65. The predicted molar refractivity (Wildman–Crippen MR) is 101 cm³/mol. The minimum atomic E-state index is -0.0597. The largest absolute Gasteiger partial charge is 0.369 e. The minimum absolute atomic E-state index is 0.0597. The second-order valence-electron chi connectivity index (χ2n) is 6.68. The van der Waals surface area contributed by atoms with Crippen LogP contribution in [0.5, 0.6) is 0 Å². The maximum Gasteiger partial charge on any atom is 0.246 e. The third-order valence-corrected chi connectivity index (χ3v) is 4.74. The van der Waals surface area contributed by atoms with Crippen LogP contribution in [0.1, 0.15) is 18.1 Å². The van der Waals surface area contributed by atoms with Crippen molar-refractivity contribution in [2.24, 2.45) is 0 Å². The van der Waals surface area contributed by atoms with E-state index in [1.165, 1.54) is 5.69 Å². The van der Waals surface area contributed by atoms with Crippen LogP contribution >= 0.6 is 0 Å². The highest BCUT2D eigenvalue weighted by Crippen LogP contribution is 2.23. The lowest BCUT2D eigenvalue weighted by atomic mass is 10.1. The van der Waals surface area contributed by atoms with Gasteiger partial charge in [-0.3, -0.25) is 9.48 Å². The molecule has 1 saturated heterocycles. The maximum absolute atomic E-state index is 12.2. The molecule has 6 heteroatoms. The van der Waals surface area contributed by atoms with Crippen LogP contribution in [0.15, 0.2) is 30.6 Å². The summed E-state index contributed by atoms with van der Waals surface area (Å²) in [4.78, 5) is 17.1. The Labute approximate surface area is 149 Å². The average Bonchev–Trinajstić information content (AvgIpc) is 3.01. The number of hydrogen-bond acceptors (Lipinski definition) is 4. The van der Waals surface area contributed by atoms with Crippen LogP contribution in [0.4, 0.5) is 11.4 Å². The molecule has 134 valence electrons. The van der Waals surface area contributed by atoms with E-state index in [1.807, 2.05) is 26.1 Å². The van der Waals surface area contributed by atoms with Crippen molar-refractivity contribution in [3.05, 3.63) is 41.7 Å². The molecule has 0 saturated carbocycles. The molecule has 1 fully saturated rings. The standard InChI is InChI=1S/C19H27N5O/c1-4-22-7-9-23(10-8-22)17-5-6-18(16(3)11-17)21-19(25)14-24-13-15(2)12-20-24/h5-6,11-13H,4,7-10,14H2,1-3H3,(H,21,25). The molecule has 3 rings (SSSR count). The van der Waals surface area contributed by atoms with Gasteiger partial charge in [0.25, 0.3) is 0 Å². The Morgan fingerprint density at radius 3 is 2.56 bits per heavy atom. The zero-order valence-electron chi connectivity index (χ0n) is 15.3. The Morgan fingerprint density at radius 1 is 1.20 bits per heavy atom. The highest BCUT2D eigenvalue weighted by molar-refractivity contribution is 5.91. The number of nitrogens with one attached hydrogen (secondary N) is 1. The van der Waals surface area contributed by atoms with Crippen LogP contribution in [0, 0.1) is 13.8 Å². The monoisotopic (exact) mass is 341 g/mol. The Hall–Kier alpha value is -2.34. The number of anilines is 2. The van der Waals surface area contributed by atoms with E-state index in [1.54, 1.807) is 10.9 Å². The highest BCUT2D eigenvalue weighted by atomic mass is 16.2. The lowest BCUT2D eigenvalue weighted by Gasteiger charge is -2.35. The molecular weight excluding hydrogens is 314 g/mol. The highest BCUT2D eigenvalue weighted by Gasteiger charge is 2.16. The quantitative estimate of drug-likeness (QED) is 0.906. The second kappa shape index (κ2) is 7.70. The van der Waals surface area contributed by atoms with Crippen LogP contribution < -0.4 is 10.2 Å². The maximum atomic E-state index is 12.2. The van der Waals surface area contributed by atoms with Crippen molar-refractivity contribution in [2.75, 3.05) is 42.9 Å². The molecule has 0 radical (unpaired) electrons. The summed E-state index contributed by atoms with van der Waals surface area (Å²) in [5, 5.41) is 7.14. The summed E-state index contributed by atoms with van der Waals surface area (Å²) in [7, 11) is 0. The smallest absolute Gasteiger partial charge is 0.246 e. The summed E-state index contributed by atoms with van der Waals surface area (Å²) >= 11 is 0. The van der Waals surface area contributed by atoms with Gasteiger partial charge in [0.05, 0.1) is 6.20 Å². The molecule has 1 aliphatic heterocycles. The molecule has 25 heavy (non-hydrogen) atoms. The Balaban J connectivity index is 1.61. The molecule has 0 bridgehead atoms. The number of likely N-dealkylation sites (N-methyl/N-ethyl adjacent to an activating group) is 1. The number of hydrogen-bond donors (Lipinski definition) is 1. The van der Waals surface area contributed by atoms with Crippen LogP contribution in [-0.4, -0.2) is 53.3 Å². The third kappa shape index (κ3) is 4.39. The molecule has 1 aliphatic rings. The van der Waals surface area contributed by atoms with Gasteiger partial charge in [0.15, 0.2) is 0 Å². The molecule has 1 amide bonds. The molecule has 1 aromatic heterocycles. The molecule has 1 aromatic carbocycles. The Kier molecular flexibility index (Phi) is 5.38. The first-order valence-electron chi connectivity index (χ1n) is 8.92. The van der Waals surface area contributed by atoms with Crippen molar-refractivity contribution in [1.29, 1.82) is 0 Å². The van der Waals surface area contributed by atoms with Crippen LogP contribution in [0.3, 0.4) is 0 Å². The third-order valence-electron chi connectivity index (χ3n) is 4.74. The van der Waals surface area contributed by atoms with E-state index in [4.69, 9.17) is 0 Å². The van der Waals surface area contributed by atoms with Crippen molar-refractivity contribution in [3.8, 4) is 0 Å². The summed E-state index contributed by atoms with van der Waals surface area (Å²) in [5.74, 6) is -0.0597. The summed E-state index contributed by atoms with van der Waals surface area (Å²) in [6.07, 6.45) is 3.62. The average molecular weight is 341 g/mol. The first-order chi connectivity index (χ1) is 12.0. The molecule has 0 spiro atoms. The van der Waals surface area contributed by atoms with Gasteiger partial charge < -0.3 is 15.1 Å². The number of benzene rings is 1. The number of carbonyl (C=O) groups is 1. The molecule has 0 unspecified atom stereocenters. The molecular formula is C19H27N5O. The number of amides is 1. The fraction of sp³-hybridized carbons (Fsp3) is 0.474. The van der Waals surface area contributed by atoms with Crippen molar-refractivity contribution in [1.82, 2.24) is 14.7 Å². The van der Waals surface area contributed by atoms with Crippen LogP contribution in [-0.2, 0) is 11.3 Å². The van der Waals surface area contributed by atoms with Crippen molar-refractivity contribution in [2.45, 2.75) is 27.3 Å². The van der Waals surface area contributed by atoms with E-state index in [-0.39, 0.29) is 12.5 Å². The van der Waals surface area contributed by atoms with E-state index in [9.17, 15) is 4.79 Å². The molecule has 0 aliphatic carbocycles. The molecule has 2 heterocycles. The SMILES string of the molecule is CCN1CCN(c2ccc(NC(=O)Cn3cc(C)cn3)c(C)c2)CC1. The Bertz CT molecular complexity index is 731. The van der Waals surface area contributed by atoms with E-state index < -0.39 is 0 Å². The van der Waals surface area contributed by atoms with Gasteiger partial charge >= 0.3 is 0 Å². The fourth-order valence-electron chi connectivity index (χ4n) is 3.20. The van der Waals surface area contributed by atoms with Gasteiger partial charge in [0.2, 0.25) is 5.91 Å². The first kappa shape index (κ1) is 17.5. The number of piperazine rings is 1. The summed E-state index contributed by atoms with van der Waals surface area (Å²) in [5.41, 5.74) is 4.23. The van der Waals surface area contributed by atoms with E-state index >= 15 is 0 Å². The van der Waals surface area contributed by atoms with Crippen molar-refractivity contribution < 1.29 is 4.79 Å². The molecule has 6 nitrogen and oxygen atoms in total. The predicted octanol–water partition coefficient (Wildman–Crippen LogP) is 2.28. The van der Waals surface area contributed by atoms with Gasteiger partial charge in [-0.1, -0.05) is 6.92 Å². The molecule has 1 N–H and O–H groups in total. The molecule has 0 atom stereocenters. The number of rotatable bonds is 5. The summed E-state index contributed by atoms with van der Waals surface area (Å²) in [6.45, 7) is 11.9. The van der Waals surface area contributed by atoms with E-state index in [0.717, 1.165) is 49.5 Å². The zero-order chi connectivity index (χ0) is 17.8. The van der Waals surface area contributed by atoms with Gasteiger partial charge in [-0.05, 0) is 49.7 Å². The number of aromatic nitrogens is 2. The summed E-state index contributed by atoms with van der Waals surface area (Å²) in [6, 6.07) is 6.26. The number of aryl methyl sites for hydroxylation is 2. The fourth-order valence-corrected chi connectivity index (χ4v) is 3.20. The number of nitrogens with zero attached hydrogens (tertiary/aromatic N) is 4. The minimum Gasteiger partial charge on any atom is -0.369 e. The van der Waals surface area contributed by atoms with Gasteiger partial charge in [-0.2, -0.15) is 5.10 Å². The zero-order valence-corrected chi connectivity index (χ0v) is 15.3. The van der Waals surface area contributed by atoms with Crippen molar-refractivity contribution >= 4 is 17.3 Å².